The Morgan fingerprint density at radius 3 is 2.62 bits per heavy atom. The van der Waals surface area contributed by atoms with Gasteiger partial charge in [0.2, 0.25) is 5.43 Å². The van der Waals surface area contributed by atoms with E-state index < -0.39 is 35.6 Å². The molecule has 0 radical (unpaired) electrons. The Hall–Kier alpha value is -2.27. The molecule has 2 aromatic heterocycles. The molecule has 0 spiro atoms. The number of alkyl halides is 3. The van der Waals surface area contributed by atoms with Crippen LogP contribution in [-0.2, 0) is 16.0 Å². The number of halogens is 4. The van der Waals surface area contributed by atoms with Crippen molar-refractivity contribution in [3.05, 3.63) is 67.8 Å². The van der Waals surface area contributed by atoms with Crippen molar-refractivity contribution in [1.29, 1.82) is 0 Å². The van der Waals surface area contributed by atoms with Crippen LogP contribution >= 0.6 is 22.9 Å². The minimum Gasteiger partial charge on any atom is -0.463 e. The Morgan fingerprint density at radius 2 is 1.92 bits per heavy atom. The Morgan fingerprint density at radius 1 is 1.19 bits per heavy atom. The molecule has 1 atom stereocenters. The van der Waals surface area contributed by atoms with Crippen LogP contribution in [0.5, 0.6) is 0 Å². The Bertz CT molecular complexity index is 1370. The van der Waals surface area contributed by atoms with Gasteiger partial charge < -0.3 is 24.0 Å². The van der Waals surface area contributed by atoms with Gasteiger partial charge in [-0.05, 0) is 53.3 Å². The molecule has 5 rings (SSSR count). The molecule has 2 aromatic rings. The highest BCUT2D eigenvalue weighted by Gasteiger charge is 2.57. The van der Waals surface area contributed by atoms with Crippen LogP contribution in [0.25, 0.3) is 10.2 Å². The van der Waals surface area contributed by atoms with Crippen molar-refractivity contribution in [1.82, 2.24) is 9.47 Å². The number of fused-ring (bicyclic) bond motifs is 2. The molecule has 0 bridgehead atoms. The quantitative estimate of drug-likeness (QED) is 0.501. The second kappa shape index (κ2) is 9.48. The first-order valence-electron chi connectivity index (χ1n) is 12.1. The number of hydrogen-bond donors (Lipinski definition) is 1. The summed E-state index contributed by atoms with van der Waals surface area (Å²) in [7, 11) is 0. The van der Waals surface area contributed by atoms with E-state index in [0.717, 1.165) is 41.3 Å². The van der Waals surface area contributed by atoms with E-state index in [-0.39, 0.29) is 9.72 Å². The molecule has 11 heteroatoms. The van der Waals surface area contributed by atoms with Crippen LogP contribution in [-0.4, -0.2) is 52.7 Å². The number of rotatable bonds is 6. The van der Waals surface area contributed by atoms with Crippen LogP contribution in [0.3, 0.4) is 0 Å². The van der Waals surface area contributed by atoms with Crippen molar-refractivity contribution in [2.75, 3.05) is 26.3 Å². The van der Waals surface area contributed by atoms with E-state index in [1.54, 1.807) is 31.6 Å². The summed E-state index contributed by atoms with van der Waals surface area (Å²) in [6.45, 7) is 5.39. The highest BCUT2D eigenvalue weighted by Crippen LogP contribution is 2.50. The summed E-state index contributed by atoms with van der Waals surface area (Å²) >= 11 is 7.14. The fourth-order valence-electron chi connectivity index (χ4n) is 5.50. The van der Waals surface area contributed by atoms with Crippen LogP contribution in [0, 0.1) is 5.41 Å². The van der Waals surface area contributed by atoms with Gasteiger partial charge in [0.25, 0.3) is 0 Å². The maximum atomic E-state index is 14.5. The summed E-state index contributed by atoms with van der Waals surface area (Å²) in [6.07, 6.45) is 0.547. The molecule has 1 aliphatic carbocycles. The fraction of sp³-hybridized carbons (Fsp3) is 0.500. The van der Waals surface area contributed by atoms with Gasteiger partial charge in [0.05, 0.1) is 35.7 Å². The third kappa shape index (κ3) is 4.84. The maximum absolute atomic E-state index is 14.5. The third-order valence-electron chi connectivity index (χ3n) is 7.36. The van der Waals surface area contributed by atoms with Gasteiger partial charge in [0, 0.05) is 19.3 Å². The van der Waals surface area contributed by atoms with E-state index >= 15 is 0 Å². The van der Waals surface area contributed by atoms with Crippen LogP contribution in [0.1, 0.15) is 33.1 Å². The predicted octanol–water partition coefficient (Wildman–Crippen LogP) is 5.60. The molecule has 1 fully saturated rings. The molecule has 0 aromatic carbocycles. The molecule has 1 N–H and O–H groups in total. The molecule has 3 aliphatic rings. The average Bonchev–Trinajstić information content (AvgIpc) is 3.50. The standard InChI is InChI=1S/C26H28ClF3N2O4S/c1-24(2,18-4-3-16-11-17(13-36-22(16)18)31-6-8-35-9-7-31)14-25(34,26(28,29)30)15-32-12-19(27)21(33)23-20(32)5-10-37-23/h5,10-13,34H,3-4,6-9,14-15H2,1-2H3. The molecular formula is C26H28ClF3N2O4S. The van der Waals surface area contributed by atoms with Crippen molar-refractivity contribution in [2.24, 2.45) is 5.41 Å². The molecular weight excluding hydrogens is 529 g/mol. The molecule has 0 amide bonds. The summed E-state index contributed by atoms with van der Waals surface area (Å²) in [5, 5.41) is 12.6. The van der Waals surface area contributed by atoms with E-state index in [2.05, 4.69) is 4.90 Å². The molecule has 200 valence electrons. The van der Waals surface area contributed by atoms with Crippen molar-refractivity contribution < 1.29 is 27.8 Å². The summed E-state index contributed by atoms with van der Waals surface area (Å²) < 4.78 is 56.3. The molecule has 4 heterocycles. The van der Waals surface area contributed by atoms with Gasteiger partial charge in [-0.25, -0.2) is 0 Å². The summed E-state index contributed by atoms with van der Waals surface area (Å²) in [5.74, 6) is 0.596. The number of aliphatic hydroxyl groups is 1. The normalized spacial score (nSPS) is 20.5. The van der Waals surface area contributed by atoms with Gasteiger partial charge in [0.1, 0.15) is 17.0 Å². The minimum atomic E-state index is -4.93. The van der Waals surface area contributed by atoms with Crippen LogP contribution in [0.2, 0.25) is 5.02 Å². The number of thiophene rings is 1. The maximum Gasteiger partial charge on any atom is 0.418 e. The molecule has 1 unspecified atom stereocenters. The second-order valence-corrected chi connectivity index (χ2v) is 11.7. The number of nitrogens with zero attached hydrogens (tertiary/aromatic N) is 2. The van der Waals surface area contributed by atoms with Crippen molar-refractivity contribution in [3.63, 3.8) is 0 Å². The van der Waals surface area contributed by atoms with Gasteiger partial charge in [-0.1, -0.05) is 25.4 Å². The molecule has 2 aliphatic heterocycles. The van der Waals surface area contributed by atoms with Crippen molar-refractivity contribution in [2.45, 2.75) is 51.4 Å². The minimum absolute atomic E-state index is 0.187. The summed E-state index contributed by atoms with van der Waals surface area (Å²) in [4.78, 5) is 14.5. The smallest absolute Gasteiger partial charge is 0.418 e. The number of aromatic nitrogens is 1. The Labute approximate surface area is 221 Å². The number of allylic oxidation sites excluding steroid dienone is 3. The third-order valence-corrected chi connectivity index (χ3v) is 8.53. The molecule has 0 saturated carbocycles. The zero-order valence-corrected chi connectivity index (χ0v) is 22.1. The van der Waals surface area contributed by atoms with E-state index in [1.165, 1.54) is 10.8 Å². The van der Waals surface area contributed by atoms with E-state index in [9.17, 15) is 23.1 Å². The first-order chi connectivity index (χ1) is 17.4. The van der Waals surface area contributed by atoms with Crippen LogP contribution in [0.15, 0.2) is 57.4 Å². The Kier molecular flexibility index (Phi) is 6.75. The summed E-state index contributed by atoms with van der Waals surface area (Å²) in [5.41, 5.74) is -1.60. The lowest BCUT2D eigenvalue weighted by molar-refractivity contribution is -0.273. The zero-order valence-electron chi connectivity index (χ0n) is 20.5. The number of hydrogen-bond acceptors (Lipinski definition) is 6. The lowest BCUT2D eigenvalue weighted by atomic mass is 9.73. The monoisotopic (exact) mass is 556 g/mol. The lowest BCUT2D eigenvalue weighted by Crippen LogP contribution is -2.51. The first kappa shape index (κ1) is 26.3. The first-order valence-corrected chi connectivity index (χ1v) is 13.3. The Balaban J connectivity index is 1.45. The molecule has 37 heavy (non-hydrogen) atoms. The van der Waals surface area contributed by atoms with Crippen LogP contribution < -0.4 is 5.43 Å². The predicted molar refractivity (Wildman–Crippen MR) is 136 cm³/mol. The van der Waals surface area contributed by atoms with E-state index in [1.807, 2.05) is 6.08 Å². The number of ether oxygens (including phenoxy) is 2. The number of morpholine rings is 1. The van der Waals surface area contributed by atoms with Gasteiger partial charge in [-0.2, -0.15) is 13.2 Å². The SMILES string of the molecule is CC(C)(CC(O)(Cn1cc(Cl)c(=O)c2sccc21)C(F)(F)F)C1=C2OC=C(N3CCOCC3)C=C2CC1. The van der Waals surface area contributed by atoms with E-state index in [0.29, 0.717) is 37.3 Å². The fourth-order valence-corrected chi connectivity index (χ4v) is 6.62. The van der Waals surface area contributed by atoms with Gasteiger partial charge in [-0.15, -0.1) is 11.3 Å². The topological polar surface area (TPSA) is 63.9 Å². The number of pyridine rings is 1. The van der Waals surface area contributed by atoms with Crippen molar-refractivity contribution >= 4 is 33.2 Å². The zero-order chi connectivity index (χ0) is 26.6. The van der Waals surface area contributed by atoms with Gasteiger partial charge >= 0.3 is 6.18 Å². The highest BCUT2D eigenvalue weighted by molar-refractivity contribution is 7.17. The molecule has 6 nitrogen and oxygen atoms in total. The summed E-state index contributed by atoms with van der Waals surface area (Å²) in [6, 6.07) is 1.56. The lowest BCUT2D eigenvalue weighted by Gasteiger charge is -2.39. The highest BCUT2D eigenvalue weighted by atomic mass is 35.5. The largest absolute Gasteiger partial charge is 0.463 e. The van der Waals surface area contributed by atoms with Gasteiger partial charge in [-0.3, -0.25) is 4.79 Å². The second-order valence-electron chi connectivity index (χ2n) is 10.4. The van der Waals surface area contributed by atoms with E-state index in [4.69, 9.17) is 21.1 Å². The van der Waals surface area contributed by atoms with Gasteiger partial charge in [0.15, 0.2) is 5.60 Å². The molecule has 1 saturated heterocycles. The average molecular weight is 557 g/mol. The van der Waals surface area contributed by atoms with Crippen LogP contribution in [0.4, 0.5) is 13.2 Å². The van der Waals surface area contributed by atoms with Crippen molar-refractivity contribution in [3.8, 4) is 0 Å².